The van der Waals surface area contributed by atoms with Crippen molar-refractivity contribution in [1.82, 2.24) is 4.98 Å². The molecule has 14 heavy (non-hydrogen) atoms. The number of methoxy groups -OCH3 is 1. The quantitative estimate of drug-likeness (QED) is 0.717. The van der Waals surface area contributed by atoms with Gasteiger partial charge >= 0.3 is 0 Å². The van der Waals surface area contributed by atoms with Gasteiger partial charge in [0, 0.05) is 6.20 Å². The monoisotopic (exact) mass is 207 g/mol. The lowest BCUT2D eigenvalue weighted by atomic mass is 10.1. The first-order valence-corrected chi connectivity index (χ1v) is 4.69. The number of pyridine rings is 1. The van der Waals surface area contributed by atoms with Crippen LogP contribution in [0.15, 0.2) is 24.4 Å². The summed E-state index contributed by atoms with van der Waals surface area (Å²) in [6, 6.07) is 5.65. The van der Waals surface area contributed by atoms with Crippen LogP contribution in [0.25, 0.3) is 10.9 Å². The van der Waals surface area contributed by atoms with Gasteiger partial charge in [0.15, 0.2) is 0 Å². The summed E-state index contributed by atoms with van der Waals surface area (Å²) in [6.45, 7) is 2.01. The molecule has 0 amide bonds. The summed E-state index contributed by atoms with van der Waals surface area (Å²) < 4.78 is 5.24. The van der Waals surface area contributed by atoms with E-state index in [0.29, 0.717) is 5.02 Å². The summed E-state index contributed by atoms with van der Waals surface area (Å²) >= 11 is 6.09. The Hall–Kier alpha value is -1.28. The number of fused-ring (bicyclic) bond motifs is 1. The SMILES string of the molecule is COc1ccc(C)c2nccc(Cl)c12. The zero-order chi connectivity index (χ0) is 10.1. The fourth-order valence-corrected chi connectivity index (χ4v) is 1.74. The molecule has 3 heteroatoms. The number of rotatable bonds is 1. The topological polar surface area (TPSA) is 22.1 Å². The second kappa shape index (κ2) is 3.46. The van der Waals surface area contributed by atoms with E-state index >= 15 is 0 Å². The van der Waals surface area contributed by atoms with Gasteiger partial charge in [0.1, 0.15) is 5.75 Å². The molecule has 0 radical (unpaired) electrons. The summed E-state index contributed by atoms with van der Waals surface area (Å²) in [5, 5.41) is 1.56. The lowest BCUT2D eigenvalue weighted by Crippen LogP contribution is -1.89. The van der Waals surface area contributed by atoms with Crippen LogP contribution in [0.2, 0.25) is 5.02 Å². The third-order valence-corrected chi connectivity index (χ3v) is 2.54. The van der Waals surface area contributed by atoms with Gasteiger partial charge in [-0.2, -0.15) is 0 Å². The predicted molar refractivity (Wildman–Crippen MR) is 58.0 cm³/mol. The fraction of sp³-hybridized carbons (Fsp3) is 0.182. The van der Waals surface area contributed by atoms with Gasteiger partial charge in [0.2, 0.25) is 0 Å². The van der Waals surface area contributed by atoms with E-state index in [9.17, 15) is 0 Å². The van der Waals surface area contributed by atoms with Crippen molar-refractivity contribution in [3.8, 4) is 5.75 Å². The summed E-state index contributed by atoms with van der Waals surface area (Å²) in [5.41, 5.74) is 2.00. The lowest BCUT2D eigenvalue weighted by Gasteiger charge is -2.07. The van der Waals surface area contributed by atoms with E-state index in [-0.39, 0.29) is 0 Å². The first-order valence-electron chi connectivity index (χ1n) is 4.32. The maximum Gasteiger partial charge on any atom is 0.129 e. The Morgan fingerprint density at radius 1 is 1.29 bits per heavy atom. The van der Waals surface area contributed by atoms with Crippen molar-refractivity contribution in [1.29, 1.82) is 0 Å². The number of halogens is 1. The van der Waals surface area contributed by atoms with E-state index in [2.05, 4.69) is 4.98 Å². The van der Waals surface area contributed by atoms with Crippen molar-refractivity contribution in [3.63, 3.8) is 0 Å². The number of ether oxygens (including phenoxy) is 1. The van der Waals surface area contributed by atoms with Crippen molar-refractivity contribution in [2.45, 2.75) is 6.92 Å². The average molecular weight is 208 g/mol. The zero-order valence-corrected chi connectivity index (χ0v) is 8.80. The maximum absolute atomic E-state index is 6.09. The highest BCUT2D eigenvalue weighted by molar-refractivity contribution is 6.36. The second-order valence-electron chi connectivity index (χ2n) is 3.10. The van der Waals surface area contributed by atoms with Crippen LogP contribution in [-0.4, -0.2) is 12.1 Å². The molecule has 0 N–H and O–H groups in total. The van der Waals surface area contributed by atoms with Crippen molar-refractivity contribution < 1.29 is 4.74 Å². The summed E-state index contributed by atoms with van der Waals surface area (Å²) in [4.78, 5) is 4.29. The van der Waals surface area contributed by atoms with Gasteiger partial charge < -0.3 is 4.74 Å². The molecule has 0 bridgehead atoms. The number of aryl methyl sites for hydroxylation is 1. The third-order valence-electron chi connectivity index (χ3n) is 2.22. The molecule has 0 aliphatic carbocycles. The van der Waals surface area contributed by atoms with Crippen molar-refractivity contribution in [3.05, 3.63) is 35.0 Å². The van der Waals surface area contributed by atoms with Crippen LogP contribution in [0.5, 0.6) is 5.75 Å². The Morgan fingerprint density at radius 2 is 2.07 bits per heavy atom. The molecular formula is C11H10ClNO. The fourth-order valence-electron chi connectivity index (χ4n) is 1.50. The van der Waals surface area contributed by atoms with Crippen LogP contribution in [0, 0.1) is 6.92 Å². The Morgan fingerprint density at radius 3 is 2.79 bits per heavy atom. The molecule has 72 valence electrons. The Labute approximate surface area is 87.5 Å². The van der Waals surface area contributed by atoms with Crippen LogP contribution < -0.4 is 4.74 Å². The smallest absolute Gasteiger partial charge is 0.129 e. The number of aromatic nitrogens is 1. The molecule has 0 unspecified atom stereocenters. The highest BCUT2D eigenvalue weighted by Crippen LogP contribution is 2.32. The number of hydrogen-bond donors (Lipinski definition) is 0. The van der Waals surface area contributed by atoms with Crippen molar-refractivity contribution >= 4 is 22.5 Å². The summed E-state index contributed by atoms with van der Waals surface area (Å²) in [6.07, 6.45) is 1.71. The van der Waals surface area contributed by atoms with E-state index in [1.165, 1.54) is 0 Å². The Bertz CT molecular complexity index is 482. The molecule has 0 aliphatic heterocycles. The normalized spacial score (nSPS) is 10.5. The average Bonchev–Trinajstić information content (AvgIpc) is 2.20. The highest BCUT2D eigenvalue weighted by atomic mass is 35.5. The van der Waals surface area contributed by atoms with E-state index < -0.39 is 0 Å². The molecule has 0 fully saturated rings. The zero-order valence-electron chi connectivity index (χ0n) is 8.04. The van der Waals surface area contributed by atoms with E-state index in [4.69, 9.17) is 16.3 Å². The molecule has 1 aromatic carbocycles. The Balaban J connectivity index is 2.92. The van der Waals surface area contributed by atoms with Crippen LogP contribution in [0.1, 0.15) is 5.56 Å². The van der Waals surface area contributed by atoms with Gasteiger partial charge in [-0.3, -0.25) is 4.98 Å². The number of hydrogen-bond acceptors (Lipinski definition) is 2. The van der Waals surface area contributed by atoms with Crippen LogP contribution in [0.4, 0.5) is 0 Å². The molecule has 0 aliphatic rings. The van der Waals surface area contributed by atoms with Crippen LogP contribution in [0.3, 0.4) is 0 Å². The summed E-state index contributed by atoms with van der Waals surface area (Å²) in [5.74, 6) is 0.767. The molecule has 1 aromatic heterocycles. The molecule has 0 spiro atoms. The van der Waals surface area contributed by atoms with Gasteiger partial charge in [-0.05, 0) is 24.6 Å². The number of nitrogens with zero attached hydrogens (tertiary/aromatic N) is 1. The second-order valence-corrected chi connectivity index (χ2v) is 3.51. The van der Waals surface area contributed by atoms with Gasteiger partial charge in [-0.15, -0.1) is 0 Å². The van der Waals surface area contributed by atoms with Gasteiger partial charge in [0.05, 0.1) is 23.0 Å². The first-order chi connectivity index (χ1) is 6.74. The van der Waals surface area contributed by atoms with E-state index in [1.807, 2.05) is 19.1 Å². The molecule has 1 heterocycles. The Kier molecular flexibility index (Phi) is 2.30. The largest absolute Gasteiger partial charge is 0.496 e. The molecule has 2 rings (SSSR count). The standard InChI is InChI=1S/C11H10ClNO/c1-7-3-4-9(14-2)10-8(12)5-6-13-11(7)10/h3-6H,1-2H3. The minimum Gasteiger partial charge on any atom is -0.496 e. The molecule has 2 aromatic rings. The van der Waals surface area contributed by atoms with E-state index in [0.717, 1.165) is 22.2 Å². The lowest BCUT2D eigenvalue weighted by molar-refractivity contribution is 0.419. The first kappa shape index (κ1) is 9.28. The molecular weight excluding hydrogens is 198 g/mol. The molecule has 0 saturated carbocycles. The van der Waals surface area contributed by atoms with Gasteiger partial charge in [0.25, 0.3) is 0 Å². The minimum atomic E-state index is 0.676. The number of benzene rings is 1. The molecule has 2 nitrogen and oxygen atoms in total. The molecule has 0 atom stereocenters. The van der Waals surface area contributed by atoms with Crippen molar-refractivity contribution in [2.24, 2.45) is 0 Å². The predicted octanol–water partition coefficient (Wildman–Crippen LogP) is 3.21. The minimum absolute atomic E-state index is 0.676. The summed E-state index contributed by atoms with van der Waals surface area (Å²) in [7, 11) is 1.63. The maximum atomic E-state index is 6.09. The van der Waals surface area contributed by atoms with Gasteiger partial charge in [-0.25, -0.2) is 0 Å². The van der Waals surface area contributed by atoms with Gasteiger partial charge in [-0.1, -0.05) is 17.7 Å². The molecule has 0 saturated heterocycles. The van der Waals surface area contributed by atoms with E-state index in [1.54, 1.807) is 19.4 Å². The van der Waals surface area contributed by atoms with Crippen LogP contribution >= 0.6 is 11.6 Å². The highest BCUT2D eigenvalue weighted by Gasteiger charge is 2.07. The van der Waals surface area contributed by atoms with Crippen LogP contribution in [-0.2, 0) is 0 Å². The third kappa shape index (κ3) is 1.32. The van der Waals surface area contributed by atoms with Crippen molar-refractivity contribution in [2.75, 3.05) is 7.11 Å².